The number of carbonyl (C=O) groups excluding carboxylic acids is 1. The predicted octanol–water partition coefficient (Wildman–Crippen LogP) is 3.14. The molecule has 0 aliphatic carbocycles. The Morgan fingerprint density at radius 1 is 1.52 bits per heavy atom. The van der Waals surface area contributed by atoms with Crippen LogP contribution in [-0.4, -0.2) is 28.9 Å². The first-order valence-corrected chi connectivity index (χ1v) is 8.95. The lowest BCUT2D eigenvalue weighted by molar-refractivity contribution is -0.117. The molecule has 1 atom stereocenters. The lowest BCUT2D eigenvalue weighted by Gasteiger charge is -2.12. The third-order valence-electron chi connectivity index (χ3n) is 3.01. The molecule has 6 heteroatoms. The van der Waals surface area contributed by atoms with Crippen molar-refractivity contribution in [3.63, 3.8) is 0 Å². The molecule has 0 aliphatic heterocycles. The lowest BCUT2D eigenvalue weighted by atomic mass is 10.1. The molecule has 1 amide bonds. The molecule has 0 spiro atoms. The van der Waals surface area contributed by atoms with E-state index in [1.807, 2.05) is 42.8 Å². The number of nitrogens with two attached hydrogens (primary N) is 1. The van der Waals surface area contributed by atoms with E-state index in [1.54, 1.807) is 23.1 Å². The van der Waals surface area contributed by atoms with Gasteiger partial charge < -0.3 is 11.1 Å². The van der Waals surface area contributed by atoms with E-state index in [1.165, 1.54) is 0 Å². The number of thioether (sulfide) groups is 1. The minimum absolute atomic E-state index is 0.143. The van der Waals surface area contributed by atoms with E-state index in [2.05, 4.69) is 10.3 Å². The zero-order valence-electron chi connectivity index (χ0n) is 12.1. The van der Waals surface area contributed by atoms with Crippen molar-refractivity contribution in [1.29, 1.82) is 0 Å². The van der Waals surface area contributed by atoms with Gasteiger partial charge >= 0.3 is 0 Å². The van der Waals surface area contributed by atoms with Crippen molar-refractivity contribution in [2.75, 3.05) is 17.3 Å². The summed E-state index contributed by atoms with van der Waals surface area (Å²) in [7, 11) is 0. The number of anilines is 1. The third kappa shape index (κ3) is 4.56. The Balaban J connectivity index is 2.06. The van der Waals surface area contributed by atoms with E-state index in [-0.39, 0.29) is 5.91 Å². The topological polar surface area (TPSA) is 68.0 Å². The molecular formula is C15H19N3OS2. The molecule has 112 valence electrons. The summed E-state index contributed by atoms with van der Waals surface area (Å²) in [6.45, 7) is 1.98. The number of aryl methyl sites for hydroxylation is 1. The van der Waals surface area contributed by atoms with Crippen LogP contribution in [0.5, 0.6) is 0 Å². The van der Waals surface area contributed by atoms with Gasteiger partial charge in [-0.2, -0.15) is 11.8 Å². The fraction of sp³-hybridized carbons (Fsp3) is 0.333. The molecule has 0 aliphatic rings. The molecule has 0 saturated heterocycles. The summed E-state index contributed by atoms with van der Waals surface area (Å²) in [5.74, 6) is 0.739. The average molecular weight is 321 g/mol. The first-order valence-electron chi connectivity index (χ1n) is 6.68. The minimum Gasteiger partial charge on any atom is -0.325 e. The summed E-state index contributed by atoms with van der Waals surface area (Å²) in [6, 6.07) is 7.21. The van der Waals surface area contributed by atoms with Gasteiger partial charge in [0.05, 0.1) is 16.7 Å². The van der Waals surface area contributed by atoms with Gasteiger partial charge in [0.15, 0.2) is 0 Å². The van der Waals surface area contributed by atoms with Gasteiger partial charge in [-0.25, -0.2) is 4.98 Å². The number of hydrogen-bond donors (Lipinski definition) is 2. The van der Waals surface area contributed by atoms with Crippen LogP contribution in [0.2, 0.25) is 0 Å². The number of nitrogens with one attached hydrogen (secondary N) is 1. The molecule has 0 unspecified atom stereocenters. The maximum absolute atomic E-state index is 12.0. The van der Waals surface area contributed by atoms with Gasteiger partial charge in [-0.3, -0.25) is 4.79 Å². The highest BCUT2D eigenvalue weighted by molar-refractivity contribution is 7.98. The van der Waals surface area contributed by atoms with E-state index in [4.69, 9.17) is 5.73 Å². The monoisotopic (exact) mass is 321 g/mol. The van der Waals surface area contributed by atoms with E-state index < -0.39 is 6.04 Å². The fourth-order valence-corrected chi connectivity index (χ4v) is 2.97. The third-order valence-corrected chi connectivity index (χ3v) is 4.43. The number of rotatable bonds is 6. The van der Waals surface area contributed by atoms with Gasteiger partial charge in [-0.15, -0.1) is 11.3 Å². The number of aromatic nitrogens is 1. The molecule has 0 radical (unpaired) electrons. The van der Waals surface area contributed by atoms with Gasteiger partial charge in [0.25, 0.3) is 0 Å². The smallest absolute Gasteiger partial charge is 0.241 e. The van der Waals surface area contributed by atoms with Crippen molar-refractivity contribution in [2.24, 2.45) is 5.73 Å². The Hall–Kier alpha value is -1.37. The first kappa shape index (κ1) is 16.0. The highest BCUT2D eigenvalue weighted by Crippen LogP contribution is 2.24. The molecule has 2 aromatic rings. The number of amides is 1. The first-order chi connectivity index (χ1) is 10.1. The van der Waals surface area contributed by atoms with Gasteiger partial charge in [-0.05, 0) is 37.5 Å². The quantitative estimate of drug-likeness (QED) is 0.857. The van der Waals surface area contributed by atoms with Gasteiger partial charge in [0.2, 0.25) is 5.91 Å². The molecular weight excluding hydrogens is 302 g/mol. The molecule has 21 heavy (non-hydrogen) atoms. The van der Waals surface area contributed by atoms with Crippen LogP contribution in [0.4, 0.5) is 5.69 Å². The van der Waals surface area contributed by atoms with Crippen molar-refractivity contribution >= 4 is 34.7 Å². The fourth-order valence-electron chi connectivity index (χ4n) is 1.86. The molecule has 4 nitrogen and oxygen atoms in total. The van der Waals surface area contributed by atoms with Crippen molar-refractivity contribution < 1.29 is 4.79 Å². The van der Waals surface area contributed by atoms with Gasteiger partial charge in [0, 0.05) is 16.6 Å². The normalized spacial score (nSPS) is 12.1. The van der Waals surface area contributed by atoms with Crippen molar-refractivity contribution in [2.45, 2.75) is 19.4 Å². The summed E-state index contributed by atoms with van der Waals surface area (Å²) in [6.07, 6.45) is 2.68. The Labute approximate surface area is 133 Å². The minimum atomic E-state index is -0.470. The molecule has 0 saturated carbocycles. The second-order valence-corrected chi connectivity index (χ2v) is 6.76. The number of benzene rings is 1. The molecule has 1 heterocycles. The van der Waals surface area contributed by atoms with E-state index >= 15 is 0 Å². The summed E-state index contributed by atoms with van der Waals surface area (Å²) in [4.78, 5) is 16.5. The predicted molar refractivity (Wildman–Crippen MR) is 91.9 cm³/mol. The largest absolute Gasteiger partial charge is 0.325 e. The van der Waals surface area contributed by atoms with Crippen LogP contribution in [0, 0.1) is 6.92 Å². The van der Waals surface area contributed by atoms with Crippen LogP contribution >= 0.6 is 23.1 Å². The van der Waals surface area contributed by atoms with Crippen LogP contribution in [0.1, 0.15) is 11.4 Å². The number of carbonyl (C=O) groups is 1. The summed E-state index contributed by atoms with van der Waals surface area (Å²) < 4.78 is 0. The average Bonchev–Trinajstić information content (AvgIpc) is 2.91. The van der Waals surface area contributed by atoms with Crippen molar-refractivity contribution in [1.82, 2.24) is 4.98 Å². The molecule has 3 N–H and O–H groups in total. The molecule has 0 fully saturated rings. The van der Waals surface area contributed by atoms with Crippen LogP contribution in [-0.2, 0) is 4.79 Å². The van der Waals surface area contributed by atoms with Crippen molar-refractivity contribution in [3.8, 4) is 11.3 Å². The van der Waals surface area contributed by atoms with Crippen LogP contribution < -0.4 is 11.1 Å². The SMILES string of the molecule is CSCC[C@H](N)C(=O)Nc1cccc(-c2csc(C)n2)c1. The van der Waals surface area contributed by atoms with E-state index in [0.717, 1.165) is 27.7 Å². The number of nitrogens with zero attached hydrogens (tertiary/aromatic N) is 1. The Bertz CT molecular complexity index is 612. The Kier molecular flexibility index (Phi) is 5.78. The second kappa shape index (κ2) is 7.59. The highest BCUT2D eigenvalue weighted by atomic mass is 32.2. The lowest BCUT2D eigenvalue weighted by Crippen LogP contribution is -2.36. The molecule has 1 aromatic carbocycles. The zero-order chi connectivity index (χ0) is 15.2. The summed E-state index contributed by atoms with van der Waals surface area (Å²) in [5.41, 5.74) is 8.55. The number of thiazole rings is 1. The maximum atomic E-state index is 12.0. The van der Waals surface area contributed by atoms with Crippen LogP contribution in [0.15, 0.2) is 29.6 Å². The second-order valence-electron chi connectivity index (χ2n) is 4.71. The summed E-state index contributed by atoms with van der Waals surface area (Å²) >= 11 is 3.30. The zero-order valence-corrected chi connectivity index (χ0v) is 13.8. The standard InChI is InChI=1S/C15H19N3OS2/c1-10-17-14(9-21-10)11-4-3-5-12(8-11)18-15(19)13(16)6-7-20-2/h3-5,8-9,13H,6-7,16H2,1-2H3,(H,18,19)/t13-/m0/s1. The van der Waals surface area contributed by atoms with Gasteiger partial charge in [0.1, 0.15) is 0 Å². The summed E-state index contributed by atoms with van der Waals surface area (Å²) in [5, 5.41) is 5.91. The van der Waals surface area contributed by atoms with Crippen molar-refractivity contribution in [3.05, 3.63) is 34.7 Å². The molecule has 0 bridgehead atoms. The number of hydrogen-bond acceptors (Lipinski definition) is 5. The van der Waals surface area contributed by atoms with Crippen LogP contribution in [0.25, 0.3) is 11.3 Å². The van der Waals surface area contributed by atoms with E-state index in [0.29, 0.717) is 6.42 Å². The Morgan fingerprint density at radius 2 is 2.33 bits per heavy atom. The maximum Gasteiger partial charge on any atom is 0.241 e. The molecule has 1 aromatic heterocycles. The highest BCUT2D eigenvalue weighted by Gasteiger charge is 2.13. The molecule has 2 rings (SSSR count). The Morgan fingerprint density at radius 3 is 3.00 bits per heavy atom. The van der Waals surface area contributed by atoms with E-state index in [9.17, 15) is 4.79 Å². The van der Waals surface area contributed by atoms with Crippen LogP contribution in [0.3, 0.4) is 0 Å². The van der Waals surface area contributed by atoms with Gasteiger partial charge in [-0.1, -0.05) is 12.1 Å².